The fourth-order valence-corrected chi connectivity index (χ4v) is 5.69. The van der Waals surface area contributed by atoms with E-state index in [0.717, 1.165) is 51.2 Å². The number of rotatable bonds is 9. The number of carbonyl (C=O) groups excluding carboxylic acids is 1. The Bertz CT molecular complexity index is 925. The van der Waals surface area contributed by atoms with Crippen LogP contribution in [0, 0.1) is 0 Å². The van der Waals surface area contributed by atoms with Crippen LogP contribution in [-0.4, -0.2) is 73.7 Å². The predicted molar refractivity (Wildman–Crippen MR) is 135 cm³/mol. The zero-order chi connectivity index (χ0) is 23.2. The molecule has 1 amide bonds. The van der Waals surface area contributed by atoms with Crippen molar-refractivity contribution in [1.82, 2.24) is 20.4 Å². The average Bonchev–Trinajstić information content (AvgIpc) is 3.27. The number of methoxy groups -OCH3 is 1. The summed E-state index contributed by atoms with van der Waals surface area (Å²) in [4.78, 5) is 18.0. The fourth-order valence-electron chi connectivity index (χ4n) is 5.69. The lowest BCUT2D eigenvalue weighted by molar-refractivity contribution is -0.126. The van der Waals surface area contributed by atoms with E-state index in [1.54, 1.807) is 7.11 Å². The molecule has 6 nitrogen and oxygen atoms in total. The zero-order valence-corrected chi connectivity index (χ0v) is 20.5. The molecule has 2 aliphatic rings. The summed E-state index contributed by atoms with van der Waals surface area (Å²) in [7, 11) is 1.74. The first-order chi connectivity index (χ1) is 16.1. The predicted octanol–water partition coefficient (Wildman–Crippen LogP) is 3.39. The number of hydrogen-bond donors (Lipinski definition) is 2. The van der Waals surface area contributed by atoms with Crippen molar-refractivity contribution in [2.75, 3.05) is 39.8 Å². The lowest BCUT2D eigenvalue weighted by Gasteiger charge is -2.39. The van der Waals surface area contributed by atoms with Crippen LogP contribution in [0.15, 0.2) is 36.4 Å². The van der Waals surface area contributed by atoms with Crippen LogP contribution in [0.1, 0.15) is 45.1 Å². The fraction of sp³-hybridized carbons (Fsp3) is 0.593. The monoisotopic (exact) mass is 452 g/mol. The molecule has 0 unspecified atom stereocenters. The van der Waals surface area contributed by atoms with Crippen molar-refractivity contribution in [1.29, 1.82) is 0 Å². The van der Waals surface area contributed by atoms with E-state index in [4.69, 9.17) is 4.74 Å². The average molecular weight is 453 g/mol. The van der Waals surface area contributed by atoms with Crippen LogP contribution in [0.3, 0.4) is 0 Å². The molecule has 0 aromatic heterocycles. The number of benzene rings is 2. The standard InChI is InChI=1S/C27H40N4O2/c1-4-14-30-15-12-22(13-16-30)31-19-21(17-25(31)27(32)28-5-2)29-18-24-23-9-7-6-8-20(23)10-11-26(24)33-3/h6-11,21-22,25,29H,4-5,12-19H2,1-3H3,(H,28,32)/t21-,25-/m0/s1. The molecular weight excluding hydrogens is 412 g/mol. The Hall–Kier alpha value is -2.15. The molecule has 2 aromatic carbocycles. The van der Waals surface area contributed by atoms with E-state index in [9.17, 15) is 4.79 Å². The van der Waals surface area contributed by atoms with E-state index >= 15 is 0 Å². The Labute approximate surface area is 198 Å². The Morgan fingerprint density at radius 3 is 2.64 bits per heavy atom. The molecule has 0 spiro atoms. The summed E-state index contributed by atoms with van der Waals surface area (Å²) in [6.45, 7) is 10.1. The first-order valence-corrected chi connectivity index (χ1v) is 12.7. The molecule has 2 heterocycles. The summed E-state index contributed by atoms with van der Waals surface area (Å²) in [5, 5.41) is 9.31. The number of amides is 1. The van der Waals surface area contributed by atoms with Crippen LogP contribution < -0.4 is 15.4 Å². The number of nitrogens with zero attached hydrogens (tertiary/aromatic N) is 2. The molecule has 0 saturated carbocycles. The van der Waals surface area contributed by atoms with Gasteiger partial charge in [0, 0.05) is 37.3 Å². The van der Waals surface area contributed by atoms with Gasteiger partial charge in [0.2, 0.25) is 5.91 Å². The number of piperidine rings is 1. The first kappa shape index (κ1) is 24.0. The van der Waals surface area contributed by atoms with Gasteiger partial charge in [0.1, 0.15) is 5.75 Å². The SMILES string of the molecule is CCCN1CCC(N2C[C@@H](NCc3c(OC)ccc4ccccc34)C[C@H]2C(=O)NCC)CC1. The van der Waals surface area contributed by atoms with Crippen molar-refractivity contribution < 1.29 is 9.53 Å². The highest BCUT2D eigenvalue weighted by Crippen LogP contribution is 2.30. The van der Waals surface area contributed by atoms with Gasteiger partial charge in [-0.3, -0.25) is 9.69 Å². The van der Waals surface area contributed by atoms with Crippen LogP contribution in [0.4, 0.5) is 0 Å². The van der Waals surface area contributed by atoms with Gasteiger partial charge in [-0.05, 0) is 69.1 Å². The summed E-state index contributed by atoms with van der Waals surface area (Å²) < 4.78 is 5.69. The van der Waals surface area contributed by atoms with Crippen molar-refractivity contribution in [3.05, 3.63) is 42.0 Å². The first-order valence-electron chi connectivity index (χ1n) is 12.7. The van der Waals surface area contributed by atoms with Gasteiger partial charge in [-0.1, -0.05) is 37.3 Å². The van der Waals surface area contributed by atoms with E-state index < -0.39 is 0 Å². The Morgan fingerprint density at radius 1 is 1.12 bits per heavy atom. The molecule has 0 bridgehead atoms. The minimum Gasteiger partial charge on any atom is -0.496 e. The van der Waals surface area contributed by atoms with E-state index in [1.165, 1.54) is 29.3 Å². The number of likely N-dealkylation sites (tertiary alicyclic amines) is 2. The van der Waals surface area contributed by atoms with Gasteiger partial charge in [0.15, 0.2) is 0 Å². The van der Waals surface area contributed by atoms with Crippen molar-refractivity contribution >= 4 is 16.7 Å². The lowest BCUT2D eigenvalue weighted by atomic mass is 10.0. The van der Waals surface area contributed by atoms with E-state index in [1.807, 2.05) is 6.92 Å². The highest BCUT2D eigenvalue weighted by Gasteiger charge is 2.40. The second kappa shape index (κ2) is 11.3. The van der Waals surface area contributed by atoms with Gasteiger partial charge in [-0.2, -0.15) is 0 Å². The number of nitrogens with one attached hydrogen (secondary N) is 2. The van der Waals surface area contributed by atoms with Crippen LogP contribution in [0.2, 0.25) is 0 Å². The van der Waals surface area contributed by atoms with Crippen molar-refractivity contribution in [3.8, 4) is 5.75 Å². The van der Waals surface area contributed by atoms with Crippen LogP contribution in [0.25, 0.3) is 10.8 Å². The van der Waals surface area contributed by atoms with Gasteiger partial charge in [-0.25, -0.2) is 0 Å². The number of carbonyl (C=O) groups is 1. The van der Waals surface area contributed by atoms with Gasteiger partial charge < -0.3 is 20.3 Å². The minimum atomic E-state index is -0.0420. The van der Waals surface area contributed by atoms with Gasteiger partial charge in [0.25, 0.3) is 0 Å². The van der Waals surface area contributed by atoms with Crippen molar-refractivity contribution in [2.45, 2.75) is 64.2 Å². The molecule has 33 heavy (non-hydrogen) atoms. The molecule has 6 heteroatoms. The van der Waals surface area contributed by atoms with Crippen LogP contribution in [-0.2, 0) is 11.3 Å². The molecule has 2 fully saturated rings. The third kappa shape index (κ3) is 5.51. The second-order valence-corrected chi connectivity index (χ2v) is 9.46. The van der Waals surface area contributed by atoms with Crippen LogP contribution >= 0.6 is 0 Å². The van der Waals surface area contributed by atoms with E-state index in [2.05, 4.69) is 63.8 Å². The molecule has 180 valence electrons. The Balaban J connectivity index is 1.46. The van der Waals surface area contributed by atoms with Crippen molar-refractivity contribution in [3.63, 3.8) is 0 Å². The molecular formula is C27H40N4O2. The lowest BCUT2D eigenvalue weighted by Crippen LogP contribution is -2.51. The van der Waals surface area contributed by atoms with Gasteiger partial charge in [0.05, 0.1) is 13.2 Å². The maximum atomic E-state index is 12.9. The third-order valence-corrected chi connectivity index (χ3v) is 7.34. The topological polar surface area (TPSA) is 56.8 Å². The maximum Gasteiger partial charge on any atom is 0.237 e. The normalized spacial score (nSPS) is 22.6. The molecule has 2 atom stereocenters. The third-order valence-electron chi connectivity index (χ3n) is 7.34. The number of ether oxygens (including phenoxy) is 1. The Morgan fingerprint density at radius 2 is 1.91 bits per heavy atom. The summed E-state index contributed by atoms with van der Waals surface area (Å²) in [5.41, 5.74) is 1.19. The minimum absolute atomic E-state index is 0.0420. The largest absolute Gasteiger partial charge is 0.496 e. The number of fused-ring (bicyclic) bond motifs is 1. The maximum absolute atomic E-state index is 12.9. The molecule has 2 aliphatic heterocycles. The summed E-state index contributed by atoms with van der Waals surface area (Å²) in [6.07, 6.45) is 4.37. The summed E-state index contributed by atoms with van der Waals surface area (Å²) in [5.74, 6) is 1.10. The van der Waals surface area contributed by atoms with E-state index in [0.29, 0.717) is 12.6 Å². The summed E-state index contributed by atoms with van der Waals surface area (Å²) in [6, 6.07) is 13.4. The highest BCUT2D eigenvalue weighted by molar-refractivity contribution is 5.87. The van der Waals surface area contributed by atoms with Gasteiger partial charge >= 0.3 is 0 Å². The molecule has 2 saturated heterocycles. The zero-order valence-electron chi connectivity index (χ0n) is 20.5. The molecule has 0 aliphatic carbocycles. The highest BCUT2D eigenvalue weighted by atomic mass is 16.5. The summed E-state index contributed by atoms with van der Waals surface area (Å²) >= 11 is 0. The van der Waals surface area contributed by atoms with Crippen LogP contribution in [0.5, 0.6) is 5.75 Å². The quantitative estimate of drug-likeness (QED) is 0.611. The smallest absolute Gasteiger partial charge is 0.237 e. The number of likely N-dealkylation sites (N-methyl/N-ethyl adjacent to an activating group) is 1. The molecule has 0 radical (unpaired) electrons. The number of hydrogen-bond acceptors (Lipinski definition) is 5. The van der Waals surface area contributed by atoms with Gasteiger partial charge in [-0.15, -0.1) is 0 Å². The van der Waals surface area contributed by atoms with Crippen molar-refractivity contribution in [2.24, 2.45) is 0 Å². The molecule has 2 aromatic rings. The molecule has 2 N–H and O–H groups in total. The second-order valence-electron chi connectivity index (χ2n) is 9.46. The van der Waals surface area contributed by atoms with E-state index in [-0.39, 0.29) is 18.0 Å². The Kier molecular flexibility index (Phi) is 8.23. The molecule has 4 rings (SSSR count).